The summed E-state index contributed by atoms with van der Waals surface area (Å²) < 4.78 is 22.6. The monoisotopic (exact) mass is 389 g/mol. The second-order valence-electron chi connectivity index (χ2n) is 6.61. The van der Waals surface area contributed by atoms with Gasteiger partial charge in [-0.25, -0.2) is 13.2 Å². The van der Waals surface area contributed by atoms with Gasteiger partial charge in [0.2, 0.25) is 0 Å². The number of sulfone groups is 1. The summed E-state index contributed by atoms with van der Waals surface area (Å²) in [5.74, 6) is 0.0264. The minimum atomic E-state index is -3.04. The van der Waals surface area contributed by atoms with Crippen LogP contribution in [0.3, 0.4) is 0 Å². The Hall–Kier alpha value is -2.54. The van der Waals surface area contributed by atoms with E-state index >= 15 is 0 Å². The van der Waals surface area contributed by atoms with E-state index < -0.39 is 9.84 Å². The van der Waals surface area contributed by atoms with E-state index in [9.17, 15) is 13.2 Å². The number of carbonyl (C=O) groups is 1. The second-order valence-corrected chi connectivity index (χ2v) is 8.75. The number of nitrogens with zero attached hydrogens (tertiary/aromatic N) is 1. The topological polar surface area (TPSA) is 78.5 Å². The molecule has 2 aromatic rings. The van der Waals surface area contributed by atoms with E-state index in [1.165, 1.54) is 6.26 Å². The molecule has 6 nitrogen and oxygen atoms in total. The number of para-hydroxylation sites is 1. The first-order valence-electron chi connectivity index (χ1n) is 8.87. The molecule has 0 heterocycles. The van der Waals surface area contributed by atoms with E-state index in [1.807, 2.05) is 37.4 Å². The lowest BCUT2D eigenvalue weighted by molar-refractivity contribution is 0.240. The molecule has 0 spiro atoms. The number of hydrogen-bond acceptors (Lipinski definition) is 4. The molecule has 2 aromatic carbocycles. The molecule has 146 valence electrons. The normalized spacial score (nSPS) is 11.0. The van der Waals surface area contributed by atoms with Crippen LogP contribution in [0, 0.1) is 0 Å². The van der Waals surface area contributed by atoms with Gasteiger partial charge in [-0.05, 0) is 29.7 Å². The van der Waals surface area contributed by atoms with Gasteiger partial charge in [0.25, 0.3) is 0 Å². The van der Waals surface area contributed by atoms with Gasteiger partial charge in [-0.1, -0.05) is 42.5 Å². The minimum absolute atomic E-state index is 0.0264. The molecule has 0 radical (unpaired) electrons. The molecule has 0 aliphatic rings. The van der Waals surface area contributed by atoms with E-state index in [1.54, 1.807) is 12.1 Å². The number of benzene rings is 2. The summed E-state index contributed by atoms with van der Waals surface area (Å²) in [4.78, 5) is 14.0. The van der Waals surface area contributed by atoms with E-state index in [4.69, 9.17) is 0 Å². The maximum absolute atomic E-state index is 11.9. The molecule has 2 N–H and O–H groups in total. The van der Waals surface area contributed by atoms with Gasteiger partial charge < -0.3 is 15.5 Å². The Bertz CT molecular complexity index is 821. The smallest absolute Gasteiger partial charge is 0.315 e. The van der Waals surface area contributed by atoms with E-state index in [2.05, 4.69) is 27.7 Å². The summed E-state index contributed by atoms with van der Waals surface area (Å²) in [5, 5.41) is 5.65. The summed E-state index contributed by atoms with van der Waals surface area (Å²) in [6.45, 7) is 1.84. The third kappa shape index (κ3) is 8.13. The summed E-state index contributed by atoms with van der Waals surface area (Å²) in [7, 11) is -1.01. The van der Waals surface area contributed by atoms with Crippen LogP contribution in [0.1, 0.15) is 17.5 Å². The standard InChI is InChI=1S/C20H27N3O3S/c1-23(19-7-4-3-5-8-19)14-6-13-21-20(24)22-15-17-9-11-18(12-10-17)16-27(2,25)26/h3-5,7-12H,6,13-16H2,1-2H3,(H2,21,22,24). The number of urea groups is 1. The summed E-state index contributed by atoms with van der Waals surface area (Å²) in [6, 6.07) is 17.1. The van der Waals surface area contributed by atoms with Crippen molar-refractivity contribution in [3.63, 3.8) is 0 Å². The molecule has 0 unspecified atom stereocenters. The number of anilines is 1. The molecule has 0 atom stereocenters. The van der Waals surface area contributed by atoms with Crippen LogP contribution >= 0.6 is 0 Å². The highest BCUT2D eigenvalue weighted by atomic mass is 32.2. The quantitative estimate of drug-likeness (QED) is 0.646. The molecule has 2 rings (SSSR count). The highest BCUT2D eigenvalue weighted by molar-refractivity contribution is 7.89. The first kappa shape index (κ1) is 20.8. The number of carbonyl (C=O) groups excluding carboxylic acids is 1. The van der Waals surface area contributed by atoms with E-state index in [0.717, 1.165) is 29.8 Å². The van der Waals surface area contributed by atoms with Crippen LogP contribution < -0.4 is 15.5 Å². The van der Waals surface area contributed by atoms with Crippen LogP contribution in [-0.4, -0.2) is 40.8 Å². The lowest BCUT2D eigenvalue weighted by atomic mass is 10.1. The maximum Gasteiger partial charge on any atom is 0.315 e. The van der Waals surface area contributed by atoms with Crippen LogP contribution in [0.15, 0.2) is 54.6 Å². The molecule has 0 aliphatic heterocycles. The largest absolute Gasteiger partial charge is 0.375 e. The fraction of sp³-hybridized carbons (Fsp3) is 0.350. The van der Waals surface area contributed by atoms with Gasteiger partial charge in [0.1, 0.15) is 0 Å². The van der Waals surface area contributed by atoms with Crippen molar-refractivity contribution in [2.75, 3.05) is 31.3 Å². The lowest BCUT2D eigenvalue weighted by Gasteiger charge is -2.19. The predicted molar refractivity (Wildman–Crippen MR) is 110 cm³/mol. The van der Waals surface area contributed by atoms with Crippen LogP contribution in [0.25, 0.3) is 0 Å². The molecule has 0 aliphatic carbocycles. The zero-order valence-corrected chi connectivity index (χ0v) is 16.6. The van der Waals surface area contributed by atoms with Crippen LogP contribution in [-0.2, 0) is 22.1 Å². The van der Waals surface area contributed by atoms with Crippen LogP contribution in [0.2, 0.25) is 0 Å². The highest BCUT2D eigenvalue weighted by Crippen LogP contribution is 2.10. The fourth-order valence-corrected chi connectivity index (χ4v) is 3.43. The SMILES string of the molecule is CN(CCCNC(=O)NCc1ccc(CS(C)(=O)=O)cc1)c1ccccc1. The Labute approximate surface area is 161 Å². The fourth-order valence-electron chi connectivity index (χ4n) is 2.63. The van der Waals surface area contributed by atoms with Crippen molar-refractivity contribution >= 4 is 21.6 Å². The molecule has 0 fully saturated rings. The average molecular weight is 390 g/mol. The molecular weight excluding hydrogens is 362 g/mol. The van der Waals surface area contributed by atoms with Gasteiger partial charge in [0, 0.05) is 38.6 Å². The van der Waals surface area contributed by atoms with Crippen molar-refractivity contribution in [1.29, 1.82) is 0 Å². The van der Waals surface area contributed by atoms with Crippen LogP contribution in [0.4, 0.5) is 10.5 Å². The Morgan fingerprint density at radius 2 is 1.59 bits per heavy atom. The molecule has 2 amide bonds. The molecule has 0 aromatic heterocycles. The van der Waals surface area contributed by atoms with Gasteiger partial charge in [-0.3, -0.25) is 0 Å². The van der Waals surface area contributed by atoms with Crippen molar-refractivity contribution in [3.05, 3.63) is 65.7 Å². The van der Waals surface area contributed by atoms with Crippen molar-refractivity contribution < 1.29 is 13.2 Å². The minimum Gasteiger partial charge on any atom is -0.375 e. The van der Waals surface area contributed by atoms with Crippen LogP contribution in [0.5, 0.6) is 0 Å². The second kappa shape index (κ2) is 9.97. The van der Waals surface area contributed by atoms with Gasteiger partial charge in [-0.2, -0.15) is 0 Å². The van der Waals surface area contributed by atoms with Crippen molar-refractivity contribution in [1.82, 2.24) is 10.6 Å². The zero-order valence-electron chi connectivity index (χ0n) is 15.8. The number of nitrogens with one attached hydrogen (secondary N) is 2. The Morgan fingerprint density at radius 3 is 2.22 bits per heavy atom. The Morgan fingerprint density at radius 1 is 0.963 bits per heavy atom. The molecule has 0 saturated heterocycles. The predicted octanol–water partition coefficient (Wildman–Crippen LogP) is 2.56. The summed E-state index contributed by atoms with van der Waals surface area (Å²) in [5.41, 5.74) is 2.82. The molecule has 0 saturated carbocycles. The van der Waals surface area contributed by atoms with Crippen molar-refractivity contribution in [2.24, 2.45) is 0 Å². The third-order valence-corrected chi connectivity index (χ3v) is 4.92. The molecular formula is C20H27N3O3S. The molecule has 0 bridgehead atoms. The summed E-state index contributed by atoms with van der Waals surface area (Å²) in [6.07, 6.45) is 2.06. The first-order valence-corrected chi connectivity index (χ1v) is 10.9. The van der Waals surface area contributed by atoms with Gasteiger partial charge in [0.05, 0.1) is 5.75 Å². The number of rotatable bonds is 9. The van der Waals surface area contributed by atoms with Gasteiger partial charge in [-0.15, -0.1) is 0 Å². The lowest BCUT2D eigenvalue weighted by Crippen LogP contribution is -2.36. The summed E-state index contributed by atoms with van der Waals surface area (Å²) >= 11 is 0. The van der Waals surface area contributed by atoms with E-state index in [-0.39, 0.29) is 11.8 Å². The molecule has 27 heavy (non-hydrogen) atoms. The van der Waals surface area contributed by atoms with Gasteiger partial charge in [0.15, 0.2) is 9.84 Å². The molecule has 7 heteroatoms. The Balaban J connectivity index is 1.64. The maximum atomic E-state index is 11.9. The first-order chi connectivity index (χ1) is 12.8. The van der Waals surface area contributed by atoms with Crippen molar-refractivity contribution in [3.8, 4) is 0 Å². The average Bonchev–Trinajstić information content (AvgIpc) is 2.64. The zero-order chi connectivity index (χ0) is 19.7. The number of hydrogen-bond donors (Lipinski definition) is 2. The highest BCUT2D eigenvalue weighted by Gasteiger charge is 2.05. The number of amides is 2. The Kier molecular flexibility index (Phi) is 7.67. The van der Waals surface area contributed by atoms with E-state index in [0.29, 0.717) is 13.1 Å². The van der Waals surface area contributed by atoms with Gasteiger partial charge >= 0.3 is 6.03 Å². The van der Waals surface area contributed by atoms with Crippen molar-refractivity contribution in [2.45, 2.75) is 18.7 Å². The third-order valence-electron chi connectivity index (χ3n) is 4.06.